The maximum Gasteiger partial charge on any atom is 0.0449 e. The summed E-state index contributed by atoms with van der Waals surface area (Å²) < 4.78 is 0. The number of nitrogens with one attached hydrogen (secondary N) is 1. The van der Waals surface area contributed by atoms with Gasteiger partial charge < -0.3 is 5.32 Å². The molecule has 0 aliphatic carbocycles. The molecule has 0 spiro atoms. The second kappa shape index (κ2) is 7.92. The smallest absolute Gasteiger partial charge is 0.0449 e. The maximum absolute atomic E-state index is 3.72. The predicted molar refractivity (Wildman–Crippen MR) is 90.6 cm³/mol. The molecule has 118 valence electrons. The zero-order chi connectivity index (χ0) is 15.2. The van der Waals surface area contributed by atoms with Gasteiger partial charge in [-0.2, -0.15) is 0 Å². The molecule has 1 fully saturated rings. The summed E-state index contributed by atoms with van der Waals surface area (Å²) in [5.41, 5.74) is 1.41. The van der Waals surface area contributed by atoms with Gasteiger partial charge in [-0.25, -0.2) is 0 Å². The normalized spacial score (nSPS) is 25.9. The van der Waals surface area contributed by atoms with Gasteiger partial charge in [0, 0.05) is 37.8 Å². The van der Waals surface area contributed by atoms with Crippen molar-refractivity contribution in [2.75, 3.05) is 33.2 Å². The van der Waals surface area contributed by atoms with Crippen molar-refractivity contribution in [2.45, 2.75) is 45.3 Å². The second-order valence-corrected chi connectivity index (χ2v) is 6.50. The topological polar surface area (TPSA) is 18.5 Å². The lowest BCUT2D eigenvalue weighted by Gasteiger charge is -2.43. The lowest BCUT2D eigenvalue weighted by atomic mass is 10.0. The fourth-order valence-corrected chi connectivity index (χ4v) is 3.21. The zero-order valence-electron chi connectivity index (χ0n) is 14.0. The van der Waals surface area contributed by atoms with E-state index in [1.807, 2.05) is 0 Å². The molecule has 1 heterocycles. The summed E-state index contributed by atoms with van der Waals surface area (Å²) in [5.74, 6) is 0. The van der Waals surface area contributed by atoms with Crippen LogP contribution in [0.15, 0.2) is 30.3 Å². The number of hydrogen-bond donors (Lipinski definition) is 1. The Bertz CT molecular complexity index is 394. The molecule has 1 aliphatic rings. The molecule has 21 heavy (non-hydrogen) atoms. The van der Waals surface area contributed by atoms with Crippen LogP contribution in [0.5, 0.6) is 0 Å². The first-order chi connectivity index (χ1) is 10.1. The molecule has 3 heteroatoms. The molecule has 3 nitrogen and oxygen atoms in total. The lowest BCUT2D eigenvalue weighted by Crippen LogP contribution is -2.56. The van der Waals surface area contributed by atoms with Crippen molar-refractivity contribution in [3.05, 3.63) is 35.9 Å². The third kappa shape index (κ3) is 4.53. The fraction of sp³-hybridized carbons (Fsp3) is 0.667. The summed E-state index contributed by atoms with van der Waals surface area (Å²) in [7, 11) is 2.25. The third-order valence-electron chi connectivity index (χ3n) is 4.72. The van der Waals surface area contributed by atoms with Gasteiger partial charge in [-0.05, 0) is 39.4 Å². The van der Waals surface area contributed by atoms with Crippen molar-refractivity contribution >= 4 is 0 Å². The van der Waals surface area contributed by atoms with Crippen molar-refractivity contribution < 1.29 is 0 Å². The van der Waals surface area contributed by atoms with Gasteiger partial charge in [0.1, 0.15) is 0 Å². The quantitative estimate of drug-likeness (QED) is 0.869. The summed E-state index contributed by atoms with van der Waals surface area (Å²) in [6.07, 6.45) is 1.18. The minimum absolute atomic E-state index is 0.439. The van der Waals surface area contributed by atoms with Gasteiger partial charge in [0.25, 0.3) is 0 Å². The highest BCUT2D eigenvalue weighted by molar-refractivity contribution is 5.19. The first-order valence-corrected chi connectivity index (χ1v) is 8.34. The Morgan fingerprint density at radius 1 is 1.14 bits per heavy atom. The molecule has 3 unspecified atom stereocenters. The Kier molecular flexibility index (Phi) is 6.22. The Hall–Kier alpha value is -0.900. The molecule has 0 amide bonds. The average molecular weight is 289 g/mol. The molecule has 1 aromatic carbocycles. The monoisotopic (exact) mass is 289 g/mol. The van der Waals surface area contributed by atoms with E-state index in [1.54, 1.807) is 0 Å². The van der Waals surface area contributed by atoms with Crippen LogP contribution in [0.25, 0.3) is 0 Å². The molecule has 0 radical (unpaired) electrons. The summed E-state index contributed by atoms with van der Waals surface area (Å²) >= 11 is 0. The molecule has 1 aromatic rings. The van der Waals surface area contributed by atoms with Crippen LogP contribution >= 0.6 is 0 Å². The van der Waals surface area contributed by atoms with E-state index >= 15 is 0 Å². The number of nitrogens with zero attached hydrogens (tertiary/aromatic N) is 2. The molecule has 0 bridgehead atoms. The van der Waals surface area contributed by atoms with Gasteiger partial charge in [-0.1, -0.05) is 37.3 Å². The second-order valence-electron chi connectivity index (χ2n) is 6.50. The number of rotatable bonds is 6. The summed E-state index contributed by atoms with van der Waals surface area (Å²) in [6.45, 7) is 11.4. The summed E-state index contributed by atoms with van der Waals surface area (Å²) in [5, 5.41) is 3.72. The number of piperazine rings is 1. The van der Waals surface area contributed by atoms with Crippen molar-refractivity contribution in [3.63, 3.8) is 0 Å². The van der Waals surface area contributed by atoms with Crippen LogP contribution in [-0.4, -0.2) is 55.1 Å². The Morgan fingerprint density at radius 2 is 1.76 bits per heavy atom. The first-order valence-electron chi connectivity index (χ1n) is 8.34. The van der Waals surface area contributed by atoms with Crippen LogP contribution in [-0.2, 0) is 0 Å². The van der Waals surface area contributed by atoms with Gasteiger partial charge in [0.15, 0.2) is 0 Å². The molecule has 1 N–H and O–H groups in total. The van der Waals surface area contributed by atoms with Crippen LogP contribution in [0, 0.1) is 0 Å². The maximum atomic E-state index is 3.72. The number of likely N-dealkylation sites (N-methyl/N-ethyl adjacent to an activating group) is 1. The van der Waals surface area contributed by atoms with E-state index < -0.39 is 0 Å². The highest BCUT2D eigenvalue weighted by atomic mass is 15.3. The zero-order valence-corrected chi connectivity index (χ0v) is 14.0. The highest BCUT2D eigenvalue weighted by Crippen LogP contribution is 2.19. The fourth-order valence-electron chi connectivity index (χ4n) is 3.21. The average Bonchev–Trinajstić information content (AvgIpc) is 2.49. The van der Waals surface area contributed by atoms with Gasteiger partial charge in [-0.3, -0.25) is 9.80 Å². The number of hydrogen-bond acceptors (Lipinski definition) is 3. The van der Waals surface area contributed by atoms with Crippen LogP contribution in [0.4, 0.5) is 0 Å². The summed E-state index contributed by atoms with van der Waals surface area (Å²) in [6, 6.07) is 12.6. The largest absolute Gasteiger partial charge is 0.309 e. The van der Waals surface area contributed by atoms with Crippen molar-refractivity contribution in [1.29, 1.82) is 0 Å². The van der Waals surface area contributed by atoms with Crippen LogP contribution in [0.3, 0.4) is 0 Å². The molecular weight excluding hydrogens is 258 g/mol. The van der Waals surface area contributed by atoms with E-state index in [1.165, 1.54) is 12.0 Å². The molecule has 2 rings (SSSR count). The van der Waals surface area contributed by atoms with Crippen molar-refractivity contribution in [1.82, 2.24) is 15.1 Å². The van der Waals surface area contributed by atoms with Crippen molar-refractivity contribution in [2.24, 2.45) is 0 Å². The SMILES string of the molecule is CCCNC(CN1CC(C)N(C)C(C)C1)c1ccccc1. The minimum atomic E-state index is 0.439. The number of benzene rings is 1. The van der Waals surface area contributed by atoms with E-state index in [0.717, 1.165) is 26.2 Å². The van der Waals surface area contributed by atoms with Gasteiger partial charge in [0.2, 0.25) is 0 Å². The van der Waals surface area contributed by atoms with Crippen molar-refractivity contribution in [3.8, 4) is 0 Å². The van der Waals surface area contributed by atoms with E-state index in [4.69, 9.17) is 0 Å². The summed E-state index contributed by atoms with van der Waals surface area (Å²) in [4.78, 5) is 5.11. The molecule has 0 aromatic heterocycles. The lowest BCUT2D eigenvalue weighted by molar-refractivity contribution is 0.0542. The molecule has 1 aliphatic heterocycles. The third-order valence-corrected chi connectivity index (χ3v) is 4.72. The van der Waals surface area contributed by atoms with E-state index in [-0.39, 0.29) is 0 Å². The molecular formula is C18H31N3. The van der Waals surface area contributed by atoms with Gasteiger partial charge in [0.05, 0.1) is 0 Å². The molecule has 3 atom stereocenters. The van der Waals surface area contributed by atoms with E-state index in [0.29, 0.717) is 18.1 Å². The molecule has 1 saturated heterocycles. The van der Waals surface area contributed by atoms with Crippen LogP contribution in [0.1, 0.15) is 38.8 Å². The van der Waals surface area contributed by atoms with E-state index in [9.17, 15) is 0 Å². The molecule has 0 saturated carbocycles. The van der Waals surface area contributed by atoms with Crippen LogP contribution < -0.4 is 5.32 Å². The highest BCUT2D eigenvalue weighted by Gasteiger charge is 2.27. The Balaban J connectivity index is 2.01. The van der Waals surface area contributed by atoms with E-state index in [2.05, 4.69) is 73.3 Å². The Morgan fingerprint density at radius 3 is 2.33 bits per heavy atom. The first kappa shape index (κ1) is 16.5. The van der Waals surface area contributed by atoms with Crippen LogP contribution in [0.2, 0.25) is 0 Å². The van der Waals surface area contributed by atoms with Gasteiger partial charge in [-0.15, -0.1) is 0 Å². The predicted octanol–water partition coefficient (Wildman–Crippen LogP) is 2.75. The minimum Gasteiger partial charge on any atom is -0.309 e. The standard InChI is InChI=1S/C18H31N3/c1-5-11-19-18(17-9-7-6-8-10-17)14-21-12-15(2)20(4)16(3)13-21/h6-10,15-16,18-19H,5,11-14H2,1-4H3. The van der Waals surface area contributed by atoms with Gasteiger partial charge >= 0.3 is 0 Å². The Labute approximate surface area is 130 Å².